The first-order chi connectivity index (χ1) is 10.7. The van der Waals surface area contributed by atoms with E-state index in [1.54, 1.807) is 0 Å². The number of dihydropyridines is 1. The second kappa shape index (κ2) is 7.10. The number of ether oxygens (including phenoxy) is 3. The van der Waals surface area contributed by atoms with Crippen LogP contribution in [0.3, 0.4) is 0 Å². The molecule has 0 saturated carbocycles. The van der Waals surface area contributed by atoms with E-state index in [0.717, 1.165) is 51.6 Å². The molecule has 6 heteroatoms. The van der Waals surface area contributed by atoms with Crippen molar-refractivity contribution in [1.29, 1.82) is 0 Å². The van der Waals surface area contributed by atoms with Crippen LogP contribution < -0.4 is 10.6 Å². The first-order valence-electron chi connectivity index (χ1n) is 8.16. The highest BCUT2D eigenvalue weighted by atomic mass is 16.6. The summed E-state index contributed by atoms with van der Waals surface area (Å²) < 4.78 is 16.8. The third-order valence-electron chi connectivity index (χ3n) is 4.08. The number of morpholine rings is 1. The Bertz CT molecular complexity index is 426. The van der Waals surface area contributed by atoms with Crippen molar-refractivity contribution in [3.8, 4) is 0 Å². The van der Waals surface area contributed by atoms with Crippen LogP contribution in [0.5, 0.6) is 0 Å². The van der Waals surface area contributed by atoms with Crippen LogP contribution in [0.25, 0.3) is 0 Å². The predicted molar refractivity (Wildman–Crippen MR) is 84.3 cm³/mol. The third kappa shape index (κ3) is 4.08. The molecule has 2 N–H and O–H groups in total. The van der Waals surface area contributed by atoms with Gasteiger partial charge in [0.25, 0.3) is 0 Å². The van der Waals surface area contributed by atoms with Crippen LogP contribution >= 0.6 is 0 Å². The Kier molecular flexibility index (Phi) is 5.15. The smallest absolute Gasteiger partial charge is 0.170 e. The summed E-state index contributed by atoms with van der Waals surface area (Å²) in [7, 11) is 0. The average Bonchev–Trinajstić information content (AvgIpc) is 3.29. The van der Waals surface area contributed by atoms with Gasteiger partial charge in [0, 0.05) is 37.4 Å². The zero-order valence-electron chi connectivity index (χ0n) is 13.5. The minimum Gasteiger partial charge on any atom is -0.379 e. The normalized spacial score (nSPS) is 32.0. The molecule has 0 aliphatic carbocycles. The van der Waals surface area contributed by atoms with E-state index in [0.29, 0.717) is 6.04 Å². The fraction of sp³-hybridized carbons (Fsp3) is 0.750. The van der Waals surface area contributed by atoms with Crippen LogP contribution in [0.4, 0.5) is 0 Å². The summed E-state index contributed by atoms with van der Waals surface area (Å²) in [6.07, 6.45) is 6.10. The van der Waals surface area contributed by atoms with Crippen LogP contribution in [-0.4, -0.2) is 69.0 Å². The van der Waals surface area contributed by atoms with Gasteiger partial charge in [0.2, 0.25) is 0 Å². The highest BCUT2D eigenvalue weighted by molar-refractivity contribution is 5.35. The van der Waals surface area contributed by atoms with Gasteiger partial charge in [0.05, 0.1) is 26.4 Å². The first-order valence-corrected chi connectivity index (χ1v) is 8.16. The lowest BCUT2D eigenvalue weighted by atomic mass is 10.1. The Labute approximate surface area is 132 Å². The Morgan fingerprint density at radius 1 is 1.45 bits per heavy atom. The van der Waals surface area contributed by atoms with Crippen molar-refractivity contribution >= 4 is 0 Å². The molecule has 0 spiro atoms. The molecule has 2 fully saturated rings. The summed E-state index contributed by atoms with van der Waals surface area (Å²) in [4.78, 5) is 2.37. The summed E-state index contributed by atoms with van der Waals surface area (Å²) in [6.45, 7) is 10.3. The van der Waals surface area contributed by atoms with E-state index in [1.807, 2.05) is 6.20 Å². The predicted octanol–water partition coefficient (Wildman–Crippen LogP) is 0.429. The quantitative estimate of drug-likeness (QED) is 0.665. The maximum Gasteiger partial charge on any atom is 0.170 e. The van der Waals surface area contributed by atoms with Crippen molar-refractivity contribution in [3.63, 3.8) is 0 Å². The molecule has 6 nitrogen and oxygen atoms in total. The number of epoxide rings is 1. The molecular weight excluding hydrogens is 282 g/mol. The fourth-order valence-corrected chi connectivity index (χ4v) is 2.83. The van der Waals surface area contributed by atoms with Crippen LogP contribution in [0.15, 0.2) is 23.9 Å². The van der Waals surface area contributed by atoms with Crippen molar-refractivity contribution in [2.75, 3.05) is 46.1 Å². The molecule has 3 rings (SSSR count). The lowest BCUT2D eigenvalue weighted by Crippen LogP contribution is -2.42. The van der Waals surface area contributed by atoms with Crippen molar-refractivity contribution in [2.24, 2.45) is 0 Å². The largest absolute Gasteiger partial charge is 0.379 e. The van der Waals surface area contributed by atoms with Gasteiger partial charge in [0.15, 0.2) is 5.72 Å². The van der Waals surface area contributed by atoms with Gasteiger partial charge in [-0.15, -0.1) is 0 Å². The molecule has 3 aliphatic rings. The number of hydrogen-bond acceptors (Lipinski definition) is 6. The lowest BCUT2D eigenvalue weighted by molar-refractivity contribution is 0.00748. The number of hydrogen-bond donors (Lipinski definition) is 2. The zero-order chi connectivity index (χ0) is 15.4. The number of rotatable bonds is 7. The van der Waals surface area contributed by atoms with Crippen LogP contribution in [0.1, 0.15) is 13.8 Å². The first kappa shape index (κ1) is 16.0. The zero-order valence-corrected chi connectivity index (χ0v) is 13.5. The van der Waals surface area contributed by atoms with Crippen molar-refractivity contribution in [2.45, 2.75) is 31.8 Å². The molecule has 2 atom stereocenters. The topological polar surface area (TPSA) is 58.3 Å². The van der Waals surface area contributed by atoms with Crippen molar-refractivity contribution in [3.05, 3.63) is 23.9 Å². The Morgan fingerprint density at radius 3 is 2.82 bits per heavy atom. The molecule has 2 saturated heterocycles. The monoisotopic (exact) mass is 309 g/mol. The second-order valence-electron chi connectivity index (χ2n) is 6.29. The van der Waals surface area contributed by atoms with Crippen LogP contribution in [-0.2, 0) is 14.2 Å². The molecule has 0 aromatic heterocycles. The molecular formula is C16H27N3O3. The van der Waals surface area contributed by atoms with E-state index in [4.69, 9.17) is 14.2 Å². The molecule has 0 aromatic carbocycles. The van der Waals surface area contributed by atoms with Gasteiger partial charge in [-0.25, -0.2) is 0 Å². The summed E-state index contributed by atoms with van der Waals surface area (Å²) in [5, 5.41) is 6.75. The molecule has 0 bridgehead atoms. The van der Waals surface area contributed by atoms with Gasteiger partial charge in [0.1, 0.15) is 6.23 Å². The summed E-state index contributed by atoms with van der Waals surface area (Å²) in [5.41, 5.74) is 0.838. The summed E-state index contributed by atoms with van der Waals surface area (Å²) in [6, 6.07) is 0.388. The second-order valence-corrected chi connectivity index (χ2v) is 6.29. The van der Waals surface area contributed by atoms with Gasteiger partial charge in [-0.2, -0.15) is 0 Å². The minimum absolute atomic E-state index is 0.0559. The summed E-state index contributed by atoms with van der Waals surface area (Å²) >= 11 is 0. The van der Waals surface area contributed by atoms with Gasteiger partial charge >= 0.3 is 0 Å². The lowest BCUT2D eigenvalue weighted by Gasteiger charge is -2.28. The maximum absolute atomic E-state index is 5.86. The molecule has 22 heavy (non-hydrogen) atoms. The van der Waals surface area contributed by atoms with Gasteiger partial charge < -0.3 is 19.5 Å². The summed E-state index contributed by atoms with van der Waals surface area (Å²) in [5.74, 6) is 0. The Hall–Kier alpha value is -0.920. The van der Waals surface area contributed by atoms with E-state index in [2.05, 4.69) is 41.5 Å². The molecule has 3 heterocycles. The standard InChI is InChI=1S/C16H27N3O3/c1-13(2)18-16(12-22-16)14-3-4-15(17-11-14)21-10-7-19-5-8-20-9-6-19/h3-4,11,13,15,17-18H,5-10,12H2,1-2H3. The SMILES string of the molecule is CC(C)NC1(C2=CNC(OCCN3CCOCC3)C=C2)CO1. The van der Waals surface area contributed by atoms with Crippen LogP contribution in [0, 0.1) is 0 Å². The molecule has 0 radical (unpaired) electrons. The fourth-order valence-electron chi connectivity index (χ4n) is 2.83. The number of nitrogens with one attached hydrogen (secondary N) is 2. The minimum atomic E-state index is -0.295. The molecule has 2 unspecified atom stereocenters. The van der Waals surface area contributed by atoms with Crippen LogP contribution in [0.2, 0.25) is 0 Å². The molecule has 0 amide bonds. The van der Waals surface area contributed by atoms with Gasteiger partial charge in [-0.05, 0) is 19.9 Å². The van der Waals surface area contributed by atoms with E-state index in [-0.39, 0.29) is 12.0 Å². The van der Waals surface area contributed by atoms with E-state index >= 15 is 0 Å². The maximum atomic E-state index is 5.86. The highest BCUT2D eigenvalue weighted by Gasteiger charge is 2.48. The van der Waals surface area contributed by atoms with E-state index in [9.17, 15) is 0 Å². The van der Waals surface area contributed by atoms with Crippen molar-refractivity contribution in [1.82, 2.24) is 15.5 Å². The van der Waals surface area contributed by atoms with Gasteiger partial charge in [-0.1, -0.05) is 6.08 Å². The molecule has 0 aromatic rings. The Balaban J connectivity index is 1.39. The van der Waals surface area contributed by atoms with Crippen molar-refractivity contribution < 1.29 is 14.2 Å². The number of nitrogens with zero attached hydrogens (tertiary/aromatic N) is 1. The van der Waals surface area contributed by atoms with E-state index < -0.39 is 0 Å². The average molecular weight is 309 g/mol. The van der Waals surface area contributed by atoms with Gasteiger partial charge in [-0.3, -0.25) is 10.2 Å². The molecule has 124 valence electrons. The highest BCUT2D eigenvalue weighted by Crippen LogP contribution is 2.34. The Morgan fingerprint density at radius 2 is 2.23 bits per heavy atom. The van der Waals surface area contributed by atoms with E-state index in [1.165, 1.54) is 0 Å². The third-order valence-corrected chi connectivity index (χ3v) is 4.08. The molecule has 3 aliphatic heterocycles.